The van der Waals surface area contributed by atoms with E-state index in [4.69, 9.17) is 35.7 Å². The fourth-order valence-electron chi connectivity index (χ4n) is 1.59. The molecule has 14 nitrogen and oxygen atoms in total. The van der Waals surface area contributed by atoms with E-state index in [-0.39, 0.29) is 35.5 Å². The van der Waals surface area contributed by atoms with E-state index >= 15 is 0 Å². The highest BCUT2D eigenvalue weighted by Gasteiger charge is 2.02. The van der Waals surface area contributed by atoms with Crippen molar-refractivity contribution in [3.63, 3.8) is 0 Å². The number of carboxylic acids is 7. The topological polar surface area (TPSA) is 261 Å². The van der Waals surface area contributed by atoms with Crippen LogP contribution < -0.4 is 0 Å². The van der Waals surface area contributed by atoms with Gasteiger partial charge in [-0.2, -0.15) is 0 Å². The molecule has 0 aromatic heterocycles. The van der Waals surface area contributed by atoms with Gasteiger partial charge in [-0.15, -0.1) is 0 Å². The molecule has 0 aromatic carbocycles. The molecule has 0 heterocycles. The molecule has 0 rings (SSSR count). The molecular formula is C36H72O14. The van der Waals surface area contributed by atoms with E-state index in [1.807, 2.05) is 0 Å². The van der Waals surface area contributed by atoms with Crippen molar-refractivity contribution in [2.75, 3.05) is 0 Å². The van der Waals surface area contributed by atoms with Gasteiger partial charge in [0, 0.05) is 6.42 Å². The lowest BCUT2D eigenvalue weighted by Crippen LogP contribution is -2.03. The van der Waals surface area contributed by atoms with E-state index in [0.717, 1.165) is 12.8 Å². The van der Waals surface area contributed by atoms with Gasteiger partial charge in [-0.3, -0.25) is 33.6 Å². The van der Waals surface area contributed by atoms with Gasteiger partial charge in [0.15, 0.2) is 0 Å². The number of aliphatic carboxylic acids is 7. The predicted molar refractivity (Wildman–Crippen MR) is 194 cm³/mol. The summed E-state index contributed by atoms with van der Waals surface area (Å²) < 4.78 is 0. The first-order chi connectivity index (χ1) is 22.6. The summed E-state index contributed by atoms with van der Waals surface area (Å²) in [6.07, 6.45) is 11.5. The van der Waals surface area contributed by atoms with E-state index < -0.39 is 41.8 Å². The van der Waals surface area contributed by atoms with E-state index in [1.165, 1.54) is 44.9 Å². The van der Waals surface area contributed by atoms with Crippen LogP contribution in [-0.4, -0.2) is 77.5 Å². The van der Waals surface area contributed by atoms with Gasteiger partial charge in [0.25, 0.3) is 0 Å². The number of carboxylic acid groups (broad SMARTS) is 7. The minimum Gasteiger partial charge on any atom is -0.481 e. The summed E-state index contributed by atoms with van der Waals surface area (Å²) in [4.78, 5) is 68.4. The maximum atomic E-state index is 10.2. The van der Waals surface area contributed by atoms with Gasteiger partial charge in [-0.05, 0) is 6.42 Å². The van der Waals surface area contributed by atoms with Gasteiger partial charge >= 0.3 is 41.8 Å². The Morgan fingerprint density at radius 3 is 0.580 bits per heavy atom. The van der Waals surface area contributed by atoms with Crippen LogP contribution >= 0.6 is 0 Å². The van der Waals surface area contributed by atoms with Crippen molar-refractivity contribution >= 4 is 41.8 Å². The Hall–Kier alpha value is -3.71. The summed E-state index contributed by atoms with van der Waals surface area (Å²) in [6.45, 7) is 21.9. The molecule has 7 N–H and O–H groups in total. The first-order valence-electron chi connectivity index (χ1n) is 17.2. The second kappa shape index (κ2) is 43.3. The minimum atomic E-state index is -0.741. The Morgan fingerprint density at radius 1 is 0.320 bits per heavy atom. The largest absolute Gasteiger partial charge is 0.481 e. The molecule has 0 atom stereocenters. The van der Waals surface area contributed by atoms with Crippen LogP contribution in [0, 0.1) is 35.5 Å². The van der Waals surface area contributed by atoms with Crippen molar-refractivity contribution < 1.29 is 69.3 Å². The molecule has 14 heteroatoms. The van der Waals surface area contributed by atoms with E-state index in [0.29, 0.717) is 6.42 Å². The first kappa shape index (κ1) is 61.5. The molecule has 0 amide bonds. The lowest BCUT2D eigenvalue weighted by atomic mass is 10.1. The Morgan fingerprint density at radius 2 is 0.460 bits per heavy atom. The van der Waals surface area contributed by atoms with Gasteiger partial charge in [-0.25, -0.2) is 0 Å². The zero-order valence-corrected chi connectivity index (χ0v) is 33.0. The van der Waals surface area contributed by atoms with Crippen molar-refractivity contribution in [3.8, 4) is 0 Å². The summed E-state index contributed by atoms with van der Waals surface area (Å²) in [5, 5.41) is 56.4. The maximum Gasteiger partial charge on any atom is 0.305 e. The molecule has 300 valence electrons. The van der Waals surface area contributed by atoms with E-state index in [1.54, 1.807) is 83.1 Å². The van der Waals surface area contributed by atoms with Crippen LogP contribution in [-0.2, 0) is 33.6 Å². The van der Waals surface area contributed by atoms with E-state index in [2.05, 4.69) is 6.92 Å². The standard InChI is InChI=1S/C12H24O2.6C4H8O2/c1-2-3-4-5-6-7-8-9-10-11-12(13)14;6*1-3(2)4(5)6/h2-11H2,1H3,(H,13,14);6*3H,1-2H3,(H,5,6). The zero-order valence-electron chi connectivity index (χ0n) is 33.0. The molecule has 0 aliphatic rings. The molecule has 0 saturated heterocycles. The van der Waals surface area contributed by atoms with Gasteiger partial charge in [0.1, 0.15) is 0 Å². The normalized spacial score (nSPS) is 9.50. The van der Waals surface area contributed by atoms with Crippen molar-refractivity contribution in [1.82, 2.24) is 0 Å². The summed E-state index contributed by atoms with van der Waals surface area (Å²) in [5.74, 6) is -6.49. The molecule has 0 fully saturated rings. The SMILES string of the molecule is CC(C)C(=O)O.CC(C)C(=O)O.CC(C)C(=O)O.CC(C)C(=O)O.CC(C)C(=O)O.CC(C)C(=O)O.CCCCCCCCCCCC(=O)O. The average Bonchev–Trinajstić information content (AvgIpc) is 2.97. The van der Waals surface area contributed by atoms with Crippen LogP contribution in [0.5, 0.6) is 0 Å². The van der Waals surface area contributed by atoms with Gasteiger partial charge in [0.05, 0.1) is 35.5 Å². The number of hydrogen-bond acceptors (Lipinski definition) is 7. The number of rotatable bonds is 16. The first-order valence-corrected chi connectivity index (χ1v) is 17.2. The Kier molecular flexibility index (Phi) is 53.3. The molecule has 0 aliphatic heterocycles. The Balaban J connectivity index is -0.0000000897. The van der Waals surface area contributed by atoms with Crippen LogP contribution in [0.25, 0.3) is 0 Å². The predicted octanol–water partition coefficient (Wildman–Crippen LogP) is 8.35. The number of unbranched alkanes of at least 4 members (excludes halogenated alkanes) is 8. The minimum absolute atomic E-state index is 0.231. The molecular weight excluding hydrogens is 656 g/mol. The Bertz CT molecular complexity index is 721. The van der Waals surface area contributed by atoms with Crippen molar-refractivity contribution in [3.05, 3.63) is 0 Å². The van der Waals surface area contributed by atoms with Crippen LogP contribution in [0.4, 0.5) is 0 Å². The third kappa shape index (κ3) is 84.8. The molecule has 0 bridgehead atoms. The van der Waals surface area contributed by atoms with Crippen molar-refractivity contribution in [2.24, 2.45) is 35.5 Å². The molecule has 50 heavy (non-hydrogen) atoms. The lowest BCUT2D eigenvalue weighted by molar-refractivity contribution is -0.141. The summed E-state index contributed by atoms with van der Waals surface area (Å²) in [5.41, 5.74) is 0. The summed E-state index contributed by atoms with van der Waals surface area (Å²) >= 11 is 0. The molecule has 0 spiro atoms. The Labute approximate surface area is 300 Å². The summed E-state index contributed by atoms with van der Waals surface area (Å²) in [7, 11) is 0. The third-order valence-electron chi connectivity index (χ3n) is 5.46. The number of carbonyl (C=O) groups is 7. The van der Waals surface area contributed by atoms with Gasteiger partial charge in [-0.1, -0.05) is 141 Å². The highest BCUT2D eigenvalue weighted by molar-refractivity contribution is 5.70. The van der Waals surface area contributed by atoms with Gasteiger partial charge in [0.2, 0.25) is 0 Å². The second-order valence-electron chi connectivity index (χ2n) is 12.9. The van der Waals surface area contributed by atoms with Crippen LogP contribution in [0.15, 0.2) is 0 Å². The number of hydrogen-bond donors (Lipinski definition) is 7. The fraction of sp³-hybridized carbons (Fsp3) is 0.806. The molecule has 0 aliphatic carbocycles. The molecule has 0 unspecified atom stereocenters. The summed E-state index contributed by atoms with van der Waals surface area (Å²) in [6, 6.07) is 0. The van der Waals surface area contributed by atoms with Gasteiger partial charge < -0.3 is 35.7 Å². The van der Waals surface area contributed by atoms with E-state index in [9.17, 15) is 33.6 Å². The highest BCUT2D eigenvalue weighted by Crippen LogP contribution is 2.10. The highest BCUT2D eigenvalue weighted by atomic mass is 16.4. The molecule has 0 radical (unpaired) electrons. The monoisotopic (exact) mass is 728 g/mol. The van der Waals surface area contributed by atoms with Crippen LogP contribution in [0.1, 0.15) is 154 Å². The quantitative estimate of drug-likeness (QED) is 0.0737. The smallest absolute Gasteiger partial charge is 0.305 e. The lowest BCUT2D eigenvalue weighted by Gasteiger charge is -2.00. The molecule has 0 aromatic rings. The second-order valence-corrected chi connectivity index (χ2v) is 12.9. The van der Waals surface area contributed by atoms with Crippen LogP contribution in [0.2, 0.25) is 0 Å². The van der Waals surface area contributed by atoms with Crippen molar-refractivity contribution in [2.45, 2.75) is 154 Å². The average molecular weight is 729 g/mol. The van der Waals surface area contributed by atoms with Crippen molar-refractivity contribution in [1.29, 1.82) is 0 Å². The maximum absolute atomic E-state index is 10.2. The zero-order chi connectivity index (χ0) is 41.6. The fourth-order valence-corrected chi connectivity index (χ4v) is 1.59. The third-order valence-corrected chi connectivity index (χ3v) is 5.46. The van der Waals surface area contributed by atoms with Crippen LogP contribution in [0.3, 0.4) is 0 Å². The molecule has 0 saturated carbocycles.